The number of rotatable bonds is 0. The molecule has 3 atom stereocenters. The van der Waals surface area contributed by atoms with Gasteiger partial charge < -0.3 is 4.74 Å². The Morgan fingerprint density at radius 3 is 2.67 bits per heavy atom. The standard InChI is InChI=1S/C11H19NO3/c1-7-6-8(2)12(9(7)13)10(14)15-11(3,4)5/h7-8H,6H2,1-5H3/t7-,8+/m0/s1/i1+0D3,6D/t6?,7-,8+. The van der Waals surface area contributed by atoms with Crippen LogP contribution in [0.15, 0.2) is 0 Å². The topological polar surface area (TPSA) is 46.6 Å². The predicted molar refractivity (Wildman–Crippen MR) is 56.3 cm³/mol. The molecule has 1 fully saturated rings. The van der Waals surface area contributed by atoms with E-state index in [1.54, 1.807) is 20.8 Å². The van der Waals surface area contributed by atoms with Crippen LogP contribution in [-0.2, 0) is 9.53 Å². The Morgan fingerprint density at radius 2 is 2.27 bits per heavy atom. The smallest absolute Gasteiger partial charge is 0.417 e. The Bertz CT molecular complexity index is 388. The third kappa shape index (κ3) is 2.70. The lowest BCUT2D eigenvalue weighted by atomic mass is 10.1. The predicted octanol–water partition coefficient (Wildman–Crippen LogP) is 2.18. The zero-order chi connectivity index (χ0) is 15.2. The average molecular weight is 217 g/mol. The first-order valence-electron chi connectivity index (χ1n) is 6.92. The van der Waals surface area contributed by atoms with Crippen molar-refractivity contribution in [3.05, 3.63) is 0 Å². The van der Waals surface area contributed by atoms with E-state index in [1.165, 1.54) is 6.92 Å². The van der Waals surface area contributed by atoms with Crippen molar-refractivity contribution < 1.29 is 19.8 Å². The maximum absolute atomic E-state index is 12.0. The summed E-state index contributed by atoms with van der Waals surface area (Å²) in [5.41, 5.74) is -0.785. The normalized spacial score (nSPS) is 36.7. The van der Waals surface area contributed by atoms with E-state index in [1.807, 2.05) is 0 Å². The van der Waals surface area contributed by atoms with Crippen molar-refractivity contribution in [2.24, 2.45) is 5.92 Å². The maximum atomic E-state index is 12.0. The van der Waals surface area contributed by atoms with Crippen molar-refractivity contribution in [2.45, 2.75) is 52.6 Å². The van der Waals surface area contributed by atoms with Gasteiger partial charge in [0, 0.05) is 17.4 Å². The largest absolute Gasteiger partial charge is 0.443 e. The van der Waals surface area contributed by atoms with Crippen molar-refractivity contribution in [3.8, 4) is 0 Å². The summed E-state index contributed by atoms with van der Waals surface area (Å²) in [6, 6.07) is -0.812. The first kappa shape index (κ1) is 7.25. The molecule has 86 valence electrons. The zero-order valence-electron chi connectivity index (χ0n) is 13.4. The minimum atomic E-state index is -2.59. The molecule has 1 aliphatic heterocycles. The molecule has 1 rings (SSSR count). The summed E-state index contributed by atoms with van der Waals surface area (Å²) in [6.45, 7) is 3.83. The summed E-state index contributed by atoms with van der Waals surface area (Å²) in [6.07, 6.45) is -2.07. The summed E-state index contributed by atoms with van der Waals surface area (Å²) in [4.78, 5) is 24.7. The van der Waals surface area contributed by atoms with Gasteiger partial charge in [-0.3, -0.25) is 4.79 Å². The minimum absolute atomic E-state index is 0.750. The molecule has 1 saturated heterocycles. The Morgan fingerprint density at radius 1 is 1.67 bits per heavy atom. The van der Waals surface area contributed by atoms with E-state index in [4.69, 9.17) is 10.2 Å². The number of hydrogen-bond donors (Lipinski definition) is 0. The highest BCUT2D eigenvalue weighted by atomic mass is 16.6. The van der Waals surface area contributed by atoms with Crippen LogP contribution in [0, 0.1) is 5.92 Å². The highest BCUT2D eigenvalue weighted by Gasteiger charge is 2.40. The third-order valence-corrected chi connectivity index (χ3v) is 1.97. The fourth-order valence-corrected chi connectivity index (χ4v) is 1.36. The number of ether oxygens (including phenoxy) is 1. The lowest BCUT2D eigenvalue weighted by Crippen LogP contribution is -2.41. The van der Waals surface area contributed by atoms with Crippen molar-refractivity contribution in [2.75, 3.05) is 0 Å². The van der Waals surface area contributed by atoms with Crippen LogP contribution >= 0.6 is 0 Å². The zero-order valence-corrected chi connectivity index (χ0v) is 9.40. The fraction of sp³-hybridized carbons (Fsp3) is 0.818. The lowest BCUT2D eigenvalue weighted by molar-refractivity contribution is -0.130. The monoisotopic (exact) mass is 217 g/mol. The van der Waals surface area contributed by atoms with Gasteiger partial charge in [-0.25, -0.2) is 9.69 Å². The molecular formula is C11H19NO3. The summed E-state index contributed by atoms with van der Waals surface area (Å²) in [5, 5.41) is 0. The summed E-state index contributed by atoms with van der Waals surface area (Å²) in [7, 11) is 0. The van der Waals surface area contributed by atoms with Crippen molar-refractivity contribution in [1.82, 2.24) is 4.90 Å². The number of amides is 2. The second-order valence-electron chi connectivity index (χ2n) is 4.60. The third-order valence-electron chi connectivity index (χ3n) is 1.97. The van der Waals surface area contributed by atoms with E-state index in [0.717, 1.165) is 4.90 Å². The highest BCUT2D eigenvalue weighted by molar-refractivity contribution is 5.95. The molecule has 0 N–H and O–H groups in total. The van der Waals surface area contributed by atoms with Crippen LogP contribution in [0.2, 0.25) is 0 Å². The Balaban J connectivity index is 2.99. The van der Waals surface area contributed by atoms with E-state index in [2.05, 4.69) is 0 Å². The van der Waals surface area contributed by atoms with Gasteiger partial charge in [0.25, 0.3) is 0 Å². The molecule has 2 amide bonds. The Hall–Kier alpha value is -1.06. The molecule has 1 aliphatic rings. The molecule has 0 spiro atoms. The first-order chi connectivity index (χ1) is 8.36. The number of carbonyl (C=O) groups is 2. The van der Waals surface area contributed by atoms with Crippen LogP contribution in [0.4, 0.5) is 4.79 Å². The number of hydrogen-bond acceptors (Lipinski definition) is 3. The second-order valence-corrected chi connectivity index (χ2v) is 4.60. The van der Waals surface area contributed by atoms with Crippen LogP contribution in [0.5, 0.6) is 0 Å². The van der Waals surface area contributed by atoms with Crippen LogP contribution in [0.1, 0.15) is 46.4 Å². The van der Waals surface area contributed by atoms with E-state index in [-0.39, 0.29) is 0 Å². The quantitative estimate of drug-likeness (QED) is 0.624. The van der Waals surface area contributed by atoms with Crippen LogP contribution in [-0.4, -0.2) is 28.5 Å². The molecule has 0 aromatic carbocycles. The molecular weight excluding hydrogens is 194 g/mol. The first-order valence-corrected chi connectivity index (χ1v) is 4.84. The minimum Gasteiger partial charge on any atom is -0.443 e. The van der Waals surface area contributed by atoms with Gasteiger partial charge in [-0.1, -0.05) is 6.85 Å². The molecule has 0 aliphatic carbocycles. The molecule has 0 aromatic heterocycles. The van der Waals surface area contributed by atoms with Crippen LogP contribution < -0.4 is 0 Å². The molecule has 1 unspecified atom stereocenters. The van der Waals surface area contributed by atoms with Gasteiger partial charge in [-0.15, -0.1) is 0 Å². The van der Waals surface area contributed by atoms with Gasteiger partial charge in [0.1, 0.15) is 5.60 Å². The number of nitrogens with zero attached hydrogens (tertiary/aromatic N) is 1. The highest BCUT2D eigenvalue weighted by Crippen LogP contribution is 2.25. The molecule has 4 nitrogen and oxygen atoms in total. The number of imide groups is 1. The van der Waals surface area contributed by atoms with Gasteiger partial charge in [0.05, 0.1) is 0 Å². The summed E-state index contributed by atoms with van der Waals surface area (Å²) < 4.78 is 34.8. The average Bonchev–Trinajstić information content (AvgIpc) is 2.33. The van der Waals surface area contributed by atoms with Crippen LogP contribution in [0.25, 0.3) is 0 Å². The summed E-state index contributed by atoms with van der Waals surface area (Å²) in [5.74, 6) is -2.34. The van der Waals surface area contributed by atoms with Crippen molar-refractivity contribution in [3.63, 3.8) is 0 Å². The van der Waals surface area contributed by atoms with E-state index >= 15 is 0 Å². The molecule has 1 heterocycles. The second kappa shape index (κ2) is 3.83. The van der Waals surface area contributed by atoms with Crippen LogP contribution in [0.3, 0.4) is 0 Å². The Labute approximate surface area is 96.2 Å². The van der Waals surface area contributed by atoms with E-state index < -0.39 is 42.8 Å². The van der Waals surface area contributed by atoms with Gasteiger partial charge in [0.2, 0.25) is 5.91 Å². The lowest BCUT2D eigenvalue weighted by Gasteiger charge is -2.25. The van der Waals surface area contributed by atoms with Crippen molar-refractivity contribution >= 4 is 12.0 Å². The van der Waals surface area contributed by atoms with E-state index in [0.29, 0.717) is 0 Å². The molecule has 0 radical (unpaired) electrons. The fourth-order valence-electron chi connectivity index (χ4n) is 1.36. The van der Waals surface area contributed by atoms with Gasteiger partial charge in [-0.05, 0) is 34.1 Å². The molecule has 15 heavy (non-hydrogen) atoms. The summed E-state index contributed by atoms with van der Waals surface area (Å²) >= 11 is 0. The molecule has 0 bridgehead atoms. The Kier molecular flexibility index (Phi) is 1.85. The van der Waals surface area contributed by atoms with Gasteiger partial charge >= 0.3 is 6.09 Å². The maximum Gasteiger partial charge on any atom is 0.417 e. The SMILES string of the molecule is [2H]C1[C@@H](C)N(C(=O)OC(C)(C)C)C(=O)[C@H]1[12C]([2H])([2H])[2H]. The molecule has 0 saturated carbocycles. The number of carbonyl (C=O) groups excluding carboxylic acids is 2. The van der Waals surface area contributed by atoms with Gasteiger partial charge in [0.15, 0.2) is 0 Å². The molecule has 0 aromatic rings. The molecule has 4 heteroatoms. The van der Waals surface area contributed by atoms with Gasteiger partial charge in [-0.2, -0.15) is 0 Å². The van der Waals surface area contributed by atoms with Crippen molar-refractivity contribution in [1.29, 1.82) is 0 Å². The van der Waals surface area contributed by atoms with E-state index in [9.17, 15) is 9.59 Å². The number of likely N-dealkylation sites (tertiary alicyclic amines) is 1.